The summed E-state index contributed by atoms with van der Waals surface area (Å²) in [5.74, 6) is 1.12. The predicted octanol–water partition coefficient (Wildman–Crippen LogP) is 2.64. The van der Waals surface area contributed by atoms with E-state index in [4.69, 9.17) is 20.5 Å². The van der Waals surface area contributed by atoms with Gasteiger partial charge in [-0.1, -0.05) is 12.1 Å². The van der Waals surface area contributed by atoms with Crippen molar-refractivity contribution in [3.8, 4) is 24.0 Å². The van der Waals surface area contributed by atoms with E-state index in [-0.39, 0.29) is 11.3 Å². The molecule has 0 aromatic heterocycles. The van der Waals surface area contributed by atoms with Crippen LogP contribution in [0.1, 0.15) is 12.8 Å². The molecule has 122 valence electrons. The molecule has 0 spiro atoms. The van der Waals surface area contributed by atoms with Gasteiger partial charge in [-0.3, -0.25) is 0 Å². The van der Waals surface area contributed by atoms with Gasteiger partial charge in [-0.05, 0) is 51.0 Å². The molecule has 6 heteroatoms. The number of benzene rings is 1. The van der Waals surface area contributed by atoms with Crippen molar-refractivity contribution in [3.05, 3.63) is 35.5 Å². The number of anilines is 1. The fourth-order valence-corrected chi connectivity index (χ4v) is 2.55. The quantitative estimate of drug-likeness (QED) is 0.838. The predicted molar refractivity (Wildman–Crippen MR) is 89.6 cm³/mol. The number of allylic oxidation sites excluding steroid dienone is 2. The minimum atomic E-state index is -0.248. The van der Waals surface area contributed by atoms with Gasteiger partial charge in [-0.2, -0.15) is 15.8 Å². The second-order valence-corrected chi connectivity index (χ2v) is 5.76. The highest BCUT2D eigenvalue weighted by atomic mass is 16.5. The molecule has 1 aliphatic rings. The maximum Gasteiger partial charge on any atom is 0.163 e. The van der Waals surface area contributed by atoms with Crippen LogP contribution in [0.25, 0.3) is 0 Å². The van der Waals surface area contributed by atoms with Crippen molar-refractivity contribution < 1.29 is 4.74 Å². The van der Waals surface area contributed by atoms with E-state index >= 15 is 0 Å². The van der Waals surface area contributed by atoms with Gasteiger partial charge in [0.2, 0.25) is 0 Å². The summed E-state index contributed by atoms with van der Waals surface area (Å²) < 4.78 is 5.93. The Hall–Kier alpha value is -3.01. The zero-order valence-electron chi connectivity index (χ0n) is 13.6. The second kappa shape index (κ2) is 8.58. The first-order chi connectivity index (χ1) is 11.7. The number of nitrogens with zero attached hydrogens (tertiary/aromatic N) is 4. The van der Waals surface area contributed by atoms with E-state index in [1.807, 2.05) is 18.2 Å². The summed E-state index contributed by atoms with van der Waals surface area (Å²) in [4.78, 5) is 2.31. The molecule has 0 unspecified atom stereocenters. The third-order valence-electron chi connectivity index (χ3n) is 4.04. The molecule has 0 bridgehead atoms. The Labute approximate surface area is 142 Å². The summed E-state index contributed by atoms with van der Waals surface area (Å²) in [6.07, 6.45) is 2.20. The molecule has 1 aromatic rings. The van der Waals surface area contributed by atoms with Gasteiger partial charge in [0.05, 0.1) is 12.3 Å². The van der Waals surface area contributed by atoms with Crippen LogP contribution in [0, 0.1) is 39.9 Å². The van der Waals surface area contributed by atoms with Crippen molar-refractivity contribution in [2.75, 3.05) is 32.1 Å². The van der Waals surface area contributed by atoms with Crippen molar-refractivity contribution in [1.29, 1.82) is 15.8 Å². The number of para-hydroxylation sites is 2. The average Bonchev–Trinajstić information content (AvgIpc) is 2.62. The lowest BCUT2D eigenvalue weighted by atomic mass is 9.98. The van der Waals surface area contributed by atoms with Crippen molar-refractivity contribution in [2.45, 2.75) is 12.8 Å². The highest BCUT2D eigenvalue weighted by Gasteiger charge is 2.18. The molecule has 0 aliphatic carbocycles. The third kappa shape index (κ3) is 4.49. The van der Waals surface area contributed by atoms with Crippen molar-refractivity contribution in [3.63, 3.8) is 0 Å². The largest absolute Gasteiger partial charge is 0.491 e. The normalized spacial score (nSPS) is 14.8. The zero-order valence-corrected chi connectivity index (χ0v) is 13.6. The Balaban J connectivity index is 2.08. The SMILES string of the molecule is CN1CCC(COc2ccccc2NC(C#N)=C(C#N)C#N)CC1. The molecule has 0 radical (unpaired) electrons. The second-order valence-electron chi connectivity index (χ2n) is 5.76. The first-order valence-electron chi connectivity index (χ1n) is 7.80. The fraction of sp³-hybridized carbons (Fsp3) is 0.389. The van der Waals surface area contributed by atoms with Crippen LogP contribution in [-0.4, -0.2) is 31.6 Å². The lowest BCUT2D eigenvalue weighted by Crippen LogP contribution is -2.32. The molecule has 1 aliphatic heterocycles. The molecule has 0 saturated carbocycles. The van der Waals surface area contributed by atoms with Gasteiger partial charge in [0.15, 0.2) is 5.57 Å². The van der Waals surface area contributed by atoms with Crippen LogP contribution >= 0.6 is 0 Å². The molecule has 6 nitrogen and oxygen atoms in total. The highest BCUT2D eigenvalue weighted by molar-refractivity contribution is 5.64. The number of ether oxygens (including phenoxy) is 1. The molecule has 1 fully saturated rings. The first kappa shape index (κ1) is 17.3. The van der Waals surface area contributed by atoms with Crippen LogP contribution in [0.15, 0.2) is 35.5 Å². The number of hydrogen-bond donors (Lipinski definition) is 1. The van der Waals surface area contributed by atoms with Gasteiger partial charge < -0.3 is 15.0 Å². The van der Waals surface area contributed by atoms with Crippen molar-refractivity contribution >= 4 is 5.69 Å². The Bertz CT molecular complexity index is 711. The Morgan fingerprint density at radius 1 is 1.17 bits per heavy atom. The summed E-state index contributed by atoms with van der Waals surface area (Å²) >= 11 is 0. The van der Waals surface area contributed by atoms with Crippen LogP contribution in [0.3, 0.4) is 0 Å². The number of likely N-dealkylation sites (tertiary alicyclic amines) is 1. The number of nitrogens with one attached hydrogen (secondary N) is 1. The third-order valence-corrected chi connectivity index (χ3v) is 4.04. The molecule has 24 heavy (non-hydrogen) atoms. The van der Waals surface area contributed by atoms with Crippen molar-refractivity contribution in [1.82, 2.24) is 4.90 Å². The topological polar surface area (TPSA) is 95.9 Å². The van der Waals surface area contributed by atoms with Crippen LogP contribution in [-0.2, 0) is 0 Å². The molecule has 2 rings (SSSR count). The van der Waals surface area contributed by atoms with Crippen LogP contribution in [0.2, 0.25) is 0 Å². The van der Waals surface area contributed by atoms with E-state index in [0.717, 1.165) is 25.9 Å². The number of piperidine rings is 1. The Morgan fingerprint density at radius 2 is 1.83 bits per heavy atom. The van der Waals surface area contributed by atoms with Gasteiger partial charge in [-0.25, -0.2) is 0 Å². The number of nitriles is 3. The lowest BCUT2D eigenvalue weighted by molar-refractivity contribution is 0.160. The summed E-state index contributed by atoms with van der Waals surface area (Å²) in [6, 6.07) is 12.5. The van der Waals surface area contributed by atoms with Crippen LogP contribution in [0.5, 0.6) is 5.75 Å². The molecule has 0 atom stereocenters. The summed E-state index contributed by atoms with van der Waals surface area (Å²) in [7, 11) is 2.12. The lowest BCUT2D eigenvalue weighted by Gasteiger charge is -2.29. The Morgan fingerprint density at radius 3 is 2.46 bits per heavy atom. The molecule has 1 heterocycles. The van der Waals surface area contributed by atoms with E-state index in [1.54, 1.807) is 24.3 Å². The monoisotopic (exact) mass is 321 g/mol. The first-order valence-corrected chi connectivity index (χ1v) is 7.80. The smallest absolute Gasteiger partial charge is 0.163 e. The summed E-state index contributed by atoms with van der Waals surface area (Å²) in [5, 5.41) is 29.8. The highest BCUT2D eigenvalue weighted by Crippen LogP contribution is 2.27. The summed E-state index contributed by atoms with van der Waals surface area (Å²) in [6.45, 7) is 2.76. The van der Waals surface area contributed by atoms with E-state index < -0.39 is 0 Å². The number of hydrogen-bond acceptors (Lipinski definition) is 6. The fourth-order valence-electron chi connectivity index (χ4n) is 2.55. The summed E-state index contributed by atoms with van der Waals surface area (Å²) in [5.41, 5.74) is 0.253. The van der Waals surface area contributed by atoms with E-state index in [9.17, 15) is 0 Å². The maximum atomic E-state index is 9.15. The molecule has 1 aromatic carbocycles. The van der Waals surface area contributed by atoms with Gasteiger partial charge in [0.1, 0.15) is 29.7 Å². The van der Waals surface area contributed by atoms with Gasteiger partial charge in [0, 0.05) is 0 Å². The molecular formula is C18H19N5O. The van der Waals surface area contributed by atoms with Crippen LogP contribution < -0.4 is 10.1 Å². The number of rotatable bonds is 5. The molecular weight excluding hydrogens is 302 g/mol. The average molecular weight is 321 g/mol. The van der Waals surface area contributed by atoms with E-state index in [0.29, 0.717) is 24.0 Å². The van der Waals surface area contributed by atoms with Crippen molar-refractivity contribution in [2.24, 2.45) is 5.92 Å². The molecule has 1 N–H and O–H groups in total. The Kier molecular flexibility index (Phi) is 6.20. The zero-order chi connectivity index (χ0) is 17.4. The van der Waals surface area contributed by atoms with Gasteiger partial charge in [0.25, 0.3) is 0 Å². The minimum Gasteiger partial charge on any atom is -0.491 e. The standard InChI is InChI=1S/C18H19N5O/c1-23-8-6-14(7-9-23)13-24-18-5-3-2-4-16(18)22-17(12-21)15(10-19)11-20/h2-5,14,22H,6-9,13H2,1H3. The van der Waals surface area contributed by atoms with Gasteiger partial charge >= 0.3 is 0 Å². The molecule has 1 saturated heterocycles. The van der Waals surface area contributed by atoms with E-state index in [1.165, 1.54) is 0 Å². The van der Waals surface area contributed by atoms with Crippen LogP contribution in [0.4, 0.5) is 5.69 Å². The molecule has 0 amide bonds. The van der Waals surface area contributed by atoms with E-state index in [2.05, 4.69) is 17.3 Å². The van der Waals surface area contributed by atoms with Gasteiger partial charge in [-0.15, -0.1) is 0 Å². The maximum absolute atomic E-state index is 9.15. The minimum absolute atomic E-state index is 0.0738.